The lowest BCUT2D eigenvalue weighted by Crippen LogP contribution is -2.59. The van der Waals surface area contributed by atoms with Gasteiger partial charge in [0, 0.05) is 30.1 Å². The Morgan fingerprint density at radius 2 is 1.74 bits per heavy atom. The normalized spacial score (nSPS) is 19.6. The number of benzene rings is 2. The third-order valence-electron chi connectivity index (χ3n) is 7.84. The number of imidazole rings is 1. The van der Waals surface area contributed by atoms with Crippen LogP contribution in [0.3, 0.4) is 0 Å². The number of hydrogen-bond donors (Lipinski definition) is 3. The minimum absolute atomic E-state index is 0.0979. The number of rotatable bonds is 5. The molecule has 0 aliphatic carbocycles. The number of nitrogens with one attached hydrogen (secondary N) is 3. The maximum absolute atomic E-state index is 13.8. The molecule has 4 aromatic rings. The maximum Gasteiger partial charge on any atom is 0.290 e. The molecule has 3 amide bonds. The van der Waals surface area contributed by atoms with Crippen molar-refractivity contribution in [3.63, 3.8) is 0 Å². The monoisotopic (exact) mass is 528 g/mol. The Hall–Kier alpha value is -4.34. The van der Waals surface area contributed by atoms with Crippen LogP contribution in [-0.2, 0) is 4.79 Å². The summed E-state index contributed by atoms with van der Waals surface area (Å²) in [6.07, 6.45) is 0.707. The number of likely N-dealkylation sites (tertiary alicyclic amines) is 2. The molecule has 3 N–H and O–H groups in total. The Balaban J connectivity index is 1.16. The number of aromatic amines is 2. The van der Waals surface area contributed by atoms with Gasteiger partial charge in [-0.2, -0.15) is 0 Å². The number of methoxy groups -OCH3 is 1. The fourth-order valence-electron chi connectivity index (χ4n) is 5.75. The summed E-state index contributed by atoms with van der Waals surface area (Å²) in [6, 6.07) is 14.0. The number of hydrogen-bond acceptors (Lipinski definition) is 5. The van der Waals surface area contributed by atoms with Crippen molar-refractivity contribution in [1.29, 1.82) is 0 Å². The van der Waals surface area contributed by atoms with Crippen molar-refractivity contribution in [2.75, 3.05) is 20.2 Å². The van der Waals surface area contributed by atoms with E-state index in [0.717, 1.165) is 16.4 Å². The zero-order valence-corrected chi connectivity index (χ0v) is 22.4. The van der Waals surface area contributed by atoms with Gasteiger partial charge < -0.3 is 29.8 Å². The Labute approximate surface area is 225 Å². The second kappa shape index (κ2) is 9.14. The van der Waals surface area contributed by atoms with Gasteiger partial charge in [0.05, 0.1) is 30.2 Å². The van der Waals surface area contributed by atoms with Gasteiger partial charge >= 0.3 is 0 Å². The average molecular weight is 529 g/mol. The van der Waals surface area contributed by atoms with Crippen LogP contribution in [0.5, 0.6) is 5.75 Å². The molecule has 0 unspecified atom stereocenters. The summed E-state index contributed by atoms with van der Waals surface area (Å²) in [5, 5.41) is 3.92. The number of piperazine rings is 1. The molecule has 10 nitrogen and oxygen atoms in total. The molecule has 4 heterocycles. The quantitative estimate of drug-likeness (QED) is 0.367. The highest BCUT2D eigenvalue weighted by Crippen LogP contribution is 2.34. The molecule has 2 saturated heterocycles. The van der Waals surface area contributed by atoms with Crippen molar-refractivity contribution >= 4 is 39.7 Å². The molecule has 0 saturated carbocycles. The lowest BCUT2D eigenvalue weighted by molar-refractivity contribution is -0.138. The molecular weight excluding hydrogens is 496 g/mol. The summed E-state index contributed by atoms with van der Waals surface area (Å²) in [7, 11) is 1.59. The molecule has 2 aromatic heterocycles. The molecule has 2 aliphatic heterocycles. The van der Waals surface area contributed by atoms with E-state index in [1.807, 2.05) is 62.1 Å². The SMILES string of the molecule is COc1ccc2[nH]c(C(=O)N3C[C@@H]4C[C@H]3CN4C(=O)[C@@H](NC(=O)c3cc4ccccc4[nH]3)C(C)(C)C)nc2c1. The first-order valence-corrected chi connectivity index (χ1v) is 13.2. The number of aromatic nitrogens is 3. The minimum atomic E-state index is -0.717. The summed E-state index contributed by atoms with van der Waals surface area (Å²) >= 11 is 0. The average Bonchev–Trinajstić information content (AvgIpc) is 3.71. The van der Waals surface area contributed by atoms with Crippen molar-refractivity contribution in [2.24, 2.45) is 5.41 Å². The molecule has 0 radical (unpaired) electrons. The van der Waals surface area contributed by atoms with Crippen LogP contribution in [0.15, 0.2) is 48.5 Å². The van der Waals surface area contributed by atoms with Crippen molar-refractivity contribution in [3.8, 4) is 5.75 Å². The van der Waals surface area contributed by atoms with E-state index in [1.54, 1.807) is 24.1 Å². The highest BCUT2D eigenvalue weighted by molar-refractivity contribution is 6.00. The molecule has 10 heteroatoms. The van der Waals surface area contributed by atoms with E-state index < -0.39 is 11.5 Å². The van der Waals surface area contributed by atoms with Crippen molar-refractivity contribution in [2.45, 2.75) is 45.3 Å². The molecule has 0 spiro atoms. The lowest BCUT2D eigenvalue weighted by Gasteiger charge is -2.39. The molecule has 202 valence electrons. The molecule has 39 heavy (non-hydrogen) atoms. The number of carbonyl (C=O) groups is 3. The molecule has 2 aliphatic rings. The number of H-pyrrole nitrogens is 2. The summed E-state index contributed by atoms with van der Waals surface area (Å²) in [5.74, 6) is 0.336. The standard InChI is InChI=1S/C29H32N6O4/c1-29(2,3)24(33-26(36)23-11-16-7-5-6-8-20(16)30-23)27(37)34-14-18-12-17(34)15-35(18)28(38)25-31-21-10-9-19(39-4)13-22(21)32-25/h5-11,13,17-18,24,30H,12,14-15H2,1-4H3,(H,31,32)(H,33,36)/t17-,18-,24+/m0/s1. The van der Waals surface area contributed by atoms with Gasteiger partial charge in [0.15, 0.2) is 5.82 Å². The zero-order chi connectivity index (χ0) is 27.5. The van der Waals surface area contributed by atoms with E-state index in [4.69, 9.17) is 4.74 Å². The largest absolute Gasteiger partial charge is 0.497 e. The van der Waals surface area contributed by atoms with Gasteiger partial charge in [0.1, 0.15) is 17.5 Å². The highest BCUT2D eigenvalue weighted by atomic mass is 16.5. The van der Waals surface area contributed by atoms with Crippen LogP contribution in [-0.4, -0.2) is 80.8 Å². The Bertz CT molecular complexity index is 1570. The van der Waals surface area contributed by atoms with Crippen LogP contribution in [0, 0.1) is 5.41 Å². The third-order valence-corrected chi connectivity index (χ3v) is 7.84. The Kier molecular flexibility index (Phi) is 5.85. The van der Waals surface area contributed by atoms with E-state index in [2.05, 4.69) is 20.3 Å². The Morgan fingerprint density at radius 3 is 2.44 bits per heavy atom. The van der Waals surface area contributed by atoms with Gasteiger partial charge in [0.25, 0.3) is 11.8 Å². The predicted octanol–water partition coefficient (Wildman–Crippen LogP) is 3.32. The van der Waals surface area contributed by atoms with Crippen molar-refractivity contribution in [3.05, 3.63) is 60.0 Å². The van der Waals surface area contributed by atoms with Gasteiger partial charge in [-0.25, -0.2) is 4.98 Å². The summed E-state index contributed by atoms with van der Waals surface area (Å²) in [5.41, 5.74) is 2.20. The summed E-state index contributed by atoms with van der Waals surface area (Å²) < 4.78 is 5.26. The summed E-state index contributed by atoms with van der Waals surface area (Å²) in [6.45, 7) is 6.70. The van der Waals surface area contributed by atoms with Gasteiger partial charge in [0.2, 0.25) is 5.91 Å². The van der Waals surface area contributed by atoms with Crippen LogP contribution < -0.4 is 10.1 Å². The number of ether oxygens (including phenoxy) is 1. The molecule has 2 bridgehead atoms. The number of carbonyl (C=O) groups excluding carboxylic acids is 3. The lowest BCUT2D eigenvalue weighted by atomic mass is 9.85. The van der Waals surface area contributed by atoms with Crippen LogP contribution in [0.25, 0.3) is 21.9 Å². The van der Waals surface area contributed by atoms with E-state index in [9.17, 15) is 14.4 Å². The van der Waals surface area contributed by atoms with E-state index >= 15 is 0 Å². The van der Waals surface area contributed by atoms with Crippen LogP contribution in [0.2, 0.25) is 0 Å². The smallest absolute Gasteiger partial charge is 0.290 e. The fraction of sp³-hybridized carbons (Fsp3) is 0.379. The van der Waals surface area contributed by atoms with Gasteiger partial charge in [-0.05, 0) is 36.1 Å². The summed E-state index contributed by atoms with van der Waals surface area (Å²) in [4.78, 5) is 54.7. The number of para-hydroxylation sites is 1. The topological polar surface area (TPSA) is 123 Å². The van der Waals surface area contributed by atoms with Gasteiger partial charge in [-0.15, -0.1) is 0 Å². The van der Waals surface area contributed by atoms with Gasteiger partial charge in [-0.1, -0.05) is 39.0 Å². The number of fused-ring (bicyclic) bond motifs is 4. The molecule has 3 atom stereocenters. The third kappa shape index (κ3) is 4.39. The molecule has 2 aromatic carbocycles. The van der Waals surface area contributed by atoms with Crippen LogP contribution in [0.4, 0.5) is 0 Å². The second-order valence-electron chi connectivity index (χ2n) is 11.5. The predicted molar refractivity (Wildman–Crippen MR) is 147 cm³/mol. The number of nitrogens with zero attached hydrogens (tertiary/aromatic N) is 3. The van der Waals surface area contributed by atoms with Crippen molar-refractivity contribution in [1.82, 2.24) is 30.1 Å². The first kappa shape index (κ1) is 25.0. The second-order valence-corrected chi connectivity index (χ2v) is 11.5. The first-order valence-electron chi connectivity index (χ1n) is 13.2. The van der Waals surface area contributed by atoms with E-state index in [0.29, 0.717) is 36.5 Å². The van der Waals surface area contributed by atoms with Gasteiger partial charge in [-0.3, -0.25) is 14.4 Å². The molecular formula is C29H32N6O4. The fourth-order valence-corrected chi connectivity index (χ4v) is 5.75. The highest BCUT2D eigenvalue weighted by Gasteiger charge is 2.50. The van der Waals surface area contributed by atoms with E-state index in [1.165, 1.54) is 0 Å². The Morgan fingerprint density at radius 1 is 1.00 bits per heavy atom. The number of amides is 3. The zero-order valence-electron chi connectivity index (χ0n) is 22.4. The molecule has 2 fully saturated rings. The minimum Gasteiger partial charge on any atom is -0.497 e. The van der Waals surface area contributed by atoms with Crippen molar-refractivity contribution < 1.29 is 19.1 Å². The first-order chi connectivity index (χ1) is 18.6. The van der Waals surface area contributed by atoms with Crippen LogP contribution >= 0.6 is 0 Å². The van der Waals surface area contributed by atoms with E-state index in [-0.39, 0.29) is 35.6 Å². The molecule has 6 rings (SSSR count). The van der Waals surface area contributed by atoms with Crippen LogP contribution in [0.1, 0.15) is 48.3 Å². The maximum atomic E-state index is 13.8.